The van der Waals surface area contributed by atoms with E-state index < -0.39 is 5.82 Å². The first-order chi connectivity index (χ1) is 14.1. The highest BCUT2D eigenvalue weighted by Gasteiger charge is 2.19. The molecule has 0 atom stereocenters. The number of fused-ring (bicyclic) bond motifs is 1. The molecular weight excluding hydrogens is 413 g/mol. The summed E-state index contributed by atoms with van der Waals surface area (Å²) in [4.78, 5) is 5.46. The molecule has 3 aromatic carbocycles. The lowest BCUT2D eigenvalue weighted by Gasteiger charge is -2.23. The maximum Gasteiger partial charge on any atom is 0.206 e. The standard InChI is InChI=1S/C21H17ClFN3O2S/c1-27-17-10-9-13(11-15(17)23)12-24-21-25-20-18(7-4-8-19(20)29-26-21)28-16-6-3-2-5-14(16)22/h2-11H,12H2,1H3,(H2,24,25,26). The van der Waals surface area contributed by atoms with Crippen LogP contribution < -0.4 is 19.5 Å². The highest BCUT2D eigenvalue weighted by atomic mass is 35.5. The second-order valence-corrected chi connectivity index (χ2v) is 7.38. The molecule has 148 valence electrons. The molecule has 0 fully saturated rings. The van der Waals surface area contributed by atoms with Gasteiger partial charge in [0.1, 0.15) is 5.75 Å². The van der Waals surface area contributed by atoms with Crippen molar-refractivity contribution in [3.63, 3.8) is 0 Å². The molecule has 1 heterocycles. The monoisotopic (exact) mass is 429 g/mol. The molecule has 0 radical (unpaired) electrons. The maximum absolute atomic E-state index is 13.9. The fourth-order valence-corrected chi connectivity index (χ4v) is 3.64. The van der Waals surface area contributed by atoms with Gasteiger partial charge < -0.3 is 14.8 Å². The summed E-state index contributed by atoms with van der Waals surface area (Å²) in [5.74, 6) is 1.55. The molecule has 0 saturated carbocycles. The van der Waals surface area contributed by atoms with E-state index in [2.05, 4.69) is 15.0 Å². The molecule has 3 aromatic rings. The number of rotatable bonds is 5. The van der Waals surface area contributed by atoms with Crippen molar-refractivity contribution in [2.75, 3.05) is 12.4 Å². The van der Waals surface area contributed by atoms with Gasteiger partial charge in [-0.3, -0.25) is 4.72 Å². The summed E-state index contributed by atoms with van der Waals surface area (Å²) in [6.45, 7) is 0.305. The first kappa shape index (κ1) is 19.4. The Balaban J connectivity index is 1.54. The third-order valence-electron chi connectivity index (χ3n) is 4.18. The summed E-state index contributed by atoms with van der Waals surface area (Å²) in [5.41, 5.74) is 1.52. The fourth-order valence-electron chi connectivity index (χ4n) is 2.75. The lowest BCUT2D eigenvalue weighted by atomic mass is 10.2. The largest absolute Gasteiger partial charge is 0.494 e. The molecule has 8 heteroatoms. The Bertz CT molecular complexity index is 1080. The average Bonchev–Trinajstić information content (AvgIpc) is 2.74. The summed E-state index contributed by atoms with van der Waals surface area (Å²) in [6, 6.07) is 17.8. The predicted octanol–water partition coefficient (Wildman–Crippen LogP) is 5.86. The Morgan fingerprint density at radius 1 is 1.03 bits per heavy atom. The van der Waals surface area contributed by atoms with Crippen LogP contribution in [0.25, 0.3) is 0 Å². The van der Waals surface area contributed by atoms with Gasteiger partial charge in [0.2, 0.25) is 5.96 Å². The second-order valence-electron chi connectivity index (χ2n) is 6.12. The molecule has 1 aliphatic heterocycles. The van der Waals surface area contributed by atoms with E-state index in [1.54, 1.807) is 18.2 Å². The van der Waals surface area contributed by atoms with Crippen molar-refractivity contribution in [3.05, 3.63) is 77.1 Å². The molecule has 2 N–H and O–H groups in total. The zero-order valence-electron chi connectivity index (χ0n) is 15.4. The minimum atomic E-state index is -0.412. The molecule has 0 aliphatic carbocycles. The Kier molecular flexibility index (Phi) is 5.78. The van der Waals surface area contributed by atoms with Crippen LogP contribution in [0.15, 0.2) is 70.6 Å². The summed E-state index contributed by atoms with van der Waals surface area (Å²) in [6.07, 6.45) is 0. The molecular formula is C21H17ClFN3O2S. The van der Waals surface area contributed by atoms with Crippen molar-refractivity contribution < 1.29 is 13.9 Å². The van der Waals surface area contributed by atoms with Crippen LogP contribution in [0.4, 0.5) is 10.1 Å². The van der Waals surface area contributed by atoms with Crippen molar-refractivity contribution in [2.45, 2.75) is 11.4 Å². The number of methoxy groups -OCH3 is 1. The van der Waals surface area contributed by atoms with Gasteiger partial charge in [0.05, 0.1) is 29.3 Å². The number of halogens is 2. The molecule has 0 aromatic heterocycles. The summed E-state index contributed by atoms with van der Waals surface area (Å²) in [7, 11) is 1.44. The van der Waals surface area contributed by atoms with Crippen molar-refractivity contribution in [1.29, 1.82) is 0 Å². The average molecular weight is 430 g/mol. The lowest BCUT2D eigenvalue weighted by molar-refractivity contribution is 0.386. The van der Waals surface area contributed by atoms with Gasteiger partial charge in [-0.15, -0.1) is 0 Å². The van der Waals surface area contributed by atoms with Crippen molar-refractivity contribution in [3.8, 4) is 17.2 Å². The van der Waals surface area contributed by atoms with Gasteiger partial charge in [-0.05, 0) is 53.9 Å². The topological polar surface area (TPSA) is 54.9 Å². The number of ether oxygens (including phenoxy) is 2. The van der Waals surface area contributed by atoms with Gasteiger partial charge in [0, 0.05) is 0 Å². The zero-order valence-corrected chi connectivity index (χ0v) is 17.0. The van der Waals surface area contributed by atoms with Crippen LogP contribution in [0.3, 0.4) is 0 Å². The van der Waals surface area contributed by atoms with E-state index in [0.29, 0.717) is 29.0 Å². The highest BCUT2D eigenvalue weighted by Crippen LogP contribution is 2.40. The minimum absolute atomic E-state index is 0.209. The van der Waals surface area contributed by atoms with Gasteiger partial charge in [-0.1, -0.05) is 35.9 Å². The molecule has 5 nitrogen and oxygen atoms in total. The van der Waals surface area contributed by atoms with Crippen LogP contribution in [0.1, 0.15) is 5.56 Å². The molecule has 0 unspecified atom stereocenters. The molecule has 0 amide bonds. The van der Waals surface area contributed by atoms with E-state index in [4.69, 9.17) is 21.1 Å². The van der Waals surface area contributed by atoms with Gasteiger partial charge in [0.25, 0.3) is 0 Å². The number of anilines is 1. The van der Waals surface area contributed by atoms with Gasteiger partial charge in [0.15, 0.2) is 17.3 Å². The van der Waals surface area contributed by atoms with Crippen LogP contribution in [0.5, 0.6) is 17.2 Å². The van der Waals surface area contributed by atoms with E-state index in [0.717, 1.165) is 16.1 Å². The Morgan fingerprint density at radius 3 is 2.66 bits per heavy atom. The van der Waals surface area contributed by atoms with Crippen LogP contribution in [0.2, 0.25) is 5.02 Å². The quantitative estimate of drug-likeness (QED) is 0.497. The Hall–Kier alpha value is -2.90. The van der Waals surface area contributed by atoms with Gasteiger partial charge >= 0.3 is 0 Å². The van der Waals surface area contributed by atoms with Crippen molar-refractivity contribution >= 4 is 35.2 Å². The Morgan fingerprint density at radius 2 is 1.86 bits per heavy atom. The van der Waals surface area contributed by atoms with E-state index >= 15 is 0 Å². The number of para-hydroxylation sites is 2. The molecule has 0 bridgehead atoms. The first-order valence-corrected chi connectivity index (χ1v) is 9.95. The van der Waals surface area contributed by atoms with E-state index in [-0.39, 0.29) is 5.75 Å². The van der Waals surface area contributed by atoms with Gasteiger partial charge in [-0.2, -0.15) is 0 Å². The van der Waals surface area contributed by atoms with Gasteiger partial charge in [-0.25, -0.2) is 9.38 Å². The zero-order chi connectivity index (χ0) is 20.2. The molecule has 29 heavy (non-hydrogen) atoms. The predicted molar refractivity (Wildman–Crippen MR) is 115 cm³/mol. The second kappa shape index (κ2) is 8.63. The van der Waals surface area contributed by atoms with Crippen LogP contribution in [-0.2, 0) is 6.54 Å². The van der Waals surface area contributed by atoms with E-state index in [9.17, 15) is 4.39 Å². The molecule has 4 rings (SSSR count). The number of aliphatic imine (C=N–C) groups is 1. The number of guanidine groups is 1. The number of hydrogen-bond acceptors (Lipinski definition) is 4. The molecule has 0 saturated heterocycles. The van der Waals surface area contributed by atoms with Crippen LogP contribution >= 0.6 is 23.5 Å². The van der Waals surface area contributed by atoms with Crippen molar-refractivity contribution in [1.82, 2.24) is 4.72 Å². The third-order valence-corrected chi connectivity index (χ3v) is 5.35. The maximum atomic E-state index is 13.9. The van der Waals surface area contributed by atoms with Crippen molar-refractivity contribution in [2.24, 2.45) is 4.99 Å². The third kappa shape index (κ3) is 4.41. The lowest BCUT2D eigenvalue weighted by Crippen LogP contribution is -2.29. The van der Waals surface area contributed by atoms with E-state index in [1.165, 1.54) is 25.1 Å². The number of hydrogen-bond donors (Lipinski definition) is 2. The SMILES string of the molecule is COc1ccc(CN=C2NSc3cccc(Oc4ccccc4Cl)c3N2)cc1F. The summed E-state index contributed by atoms with van der Waals surface area (Å²) in [5, 5.41) is 3.77. The first-order valence-electron chi connectivity index (χ1n) is 8.76. The van der Waals surface area contributed by atoms with E-state index in [1.807, 2.05) is 36.4 Å². The summed E-state index contributed by atoms with van der Waals surface area (Å²) < 4.78 is 28.0. The minimum Gasteiger partial charge on any atom is -0.494 e. The normalized spacial score (nSPS) is 14.0. The smallest absolute Gasteiger partial charge is 0.206 e. The van der Waals surface area contributed by atoms with Crippen LogP contribution in [0, 0.1) is 5.82 Å². The Labute approximate surface area is 177 Å². The van der Waals surface area contributed by atoms with Crippen LogP contribution in [-0.4, -0.2) is 13.1 Å². The highest BCUT2D eigenvalue weighted by molar-refractivity contribution is 7.98. The molecule has 0 spiro atoms. The number of nitrogens with zero attached hydrogens (tertiary/aromatic N) is 1. The summed E-state index contributed by atoms with van der Waals surface area (Å²) >= 11 is 7.63. The fraction of sp³-hybridized carbons (Fsp3) is 0.0952. The number of nitrogens with one attached hydrogen (secondary N) is 2. The molecule has 1 aliphatic rings. The number of benzene rings is 3.